The van der Waals surface area contributed by atoms with Crippen molar-refractivity contribution in [2.45, 2.75) is 58.0 Å². The van der Waals surface area contributed by atoms with Crippen LogP contribution in [0.4, 0.5) is 0 Å². The summed E-state index contributed by atoms with van der Waals surface area (Å²) in [6.45, 7) is 6.06. The van der Waals surface area contributed by atoms with Gasteiger partial charge in [0.15, 0.2) is 0 Å². The summed E-state index contributed by atoms with van der Waals surface area (Å²) >= 11 is 3.49. The normalized spacial score (nSPS) is 30.7. The first-order valence-corrected chi connectivity index (χ1v) is 6.69. The van der Waals surface area contributed by atoms with Crippen molar-refractivity contribution in [3.05, 3.63) is 0 Å². The van der Waals surface area contributed by atoms with Gasteiger partial charge in [-0.05, 0) is 46.1 Å². The zero-order chi connectivity index (χ0) is 9.68. The third-order valence-electron chi connectivity index (χ3n) is 3.18. The van der Waals surface area contributed by atoms with Crippen LogP contribution in [-0.2, 0) is 0 Å². The van der Waals surface area contributed by atoms with Gasteiger partial charge < -0.3 is 0 Å². The van der Waals surface area contributed by atoms with E-state index in [0.717, 1.165) is 17.4 Å². The van der Waals surface area contributed by atoms with Crippen molar-refractivity contribution in [1.29, 1.82) is 0 Å². The summed E-state index contributed by atoms with van der Waals surface area (Å²) < 4.78 is 0. The van der Waals surface area contributed by atoms with Gasteiger partial charge in [-0.1, -0.05) is 22.4 Å². The van der Waals surface area contributed by atoms with E-state index in [-0.39, 0.29) is 0 Å². The van der Waals surface area contributed by atoms with Gasteiger partial charge >= 0.3 is 0 Å². The molecule has 78 valence electrons. The highest BCUT2D eigenvalue weighted by Crippen LogP contribution is 2.22. The number of alkyl halides is 1. The zero-order valence-corrected chi connectivity index (χ0v) is 10.5. The van der Waals surface area contributed by atoms with Crippen LogP contribution in [0.2, 0.25) is 0 Å². The summed E-state index contributed by atoms with van der Waals surface area (Å²) in [6.07, 6.45) is 6.89. The fourth-order valence-corrected chi connectivity index (χ4v) is 2.70. The van der Waals surface area contributed by atoms with Gasteiger partial charge in [0.25, 0.3) is 0 Å². The van der Waals surface area contributed by atoms with Crippen LogP contribution in [0.25, 0.3) is 0 Å². The fourth-order valence-electron chi connectivity index (χ4n) is 2.30. The zero-order valence-electron chi connectivity index (χ0n) is 8.93. The third-order valence-corrected chi connectivity index (χ3v) is 3.74. The van der Waals surface area contributed by atoms with Gasteiger partial charge in [-0.25, -0.2) is 0 Å². The second-order valence-electron chi connectivity index (χ2n) is 4.26. The second kappa shape index (κ2) is 6.02. The Labute approximate surface area is 91.0 Å². The number of nitrogens with zero attached hydrogens (tertiary/aromatic N) is 1. The molecule has 0 saturated carbocycles. The molecule has 0 N–H and O–H groups in total. The third kappa shape index (κ3) is 3.59. The molecule has 0 bridgehead atoms. The first-order valence-electron chi connectivity index (χ1n) is 5.57. The van der Waals surface area contributed by atoms with E-state index in [2.05, 4.69) is 34.7 Å². The van der Waals surface area contributed by atoms with E-state index >= 15 is 0 Å². The lowest BCUT2D eigenvalue weighted by molar-refractivity contribution is 0.102. The number of hydrogen-bond donors (Lipinski definition) is 0. The number of halogens is 1. The Morgan fingerprint density at radius 2 is 1.77 bits per heavy atom. The summed E-state index contributed by atoms with van der Waals surface area (Å²) in [5, 5.41) is 1.16. The van der Waals surface area contributed by atoms with Crippen LogP contribution in [0, 0.1) is 0 Å². The summed E-state index contributed by atoms with van der Waals surface area (Å²) in [7, 11) is 0. The van der Waals surface area contributed by atoms with Gasteiger partial charge in [-0.2, -0.15) is 0 Å². The fraction of sp³-hybridized carbons (Fsp3) is 1.00. The number of likely N-dealkylation sites (tertiary alicyclic amines) is 1. The SMILES string of the molecule is CC1CCCC(C)N1CCCCBr. The Hall–Kier alpha value is 0.440. The van der Waals surface area contributed by atoms with E-state index < -0.39 is 0 Å². The summed E-state index contributed by atoms with van der Waals surface area (Å²) in [5.74, 6) is 0. The van der Waals surface area contributed by atoms with Crippen LogP contribution in [0.3, 0.4) is 0 Å². The molecule has 1 fully saturated rings. The molecule has 0 aromatic carbocycles. The Morgan fingerprint density at radius 3 is 2.31 bits per heavy atom. The molecule has 1 heterocycles. The van der Waals surface area contributed by atoms with Crippen LogP contribution in [0.15, 0.2) is 0 Å². The van der Waals surface area contributed by atoms with Crippen molar-refractivity contribution in [1.82, 2.24) is 4.90 Å². The Morgan fingerprint density at radius 1 is 1.15 bits per heavy atom. The average molecular weight is 248 g/mol. The molecule has 1 aliphatic rings. The molecule has 2 atom stereocenters. The number of unbranched alkanes of at least 4 members (excludes halogenated alkanes) is 1. The minimum absolute atomic E-state index is 0.819. The molecule has 1 saturated heterocycles. The average Bonchev–Trinajstić information content (AvgIpc) is 2.10. The van der Waals surface area contributed by atoms with Gasteiger partial charge in [-0.15, -0.1) is 0 Å². The lowest BCUT2D eigenvalue weighted by Gasteiger charge is -2.39. The van der Waals surface area contributed by atoms with Crippen LogP contribution in [0.5, 0.6) is 0 Å². The van der Waals surface area contributed by atoms with Crippen molar-refractivity contribution in [3.8, 4) is 0 Å². The standard InChI is InChI=1S/C11H22BrN/c1-10-6-5-7-11(2)13(10)9-4-3-8-12/h10-11H,3-9H2,1-2H3. The highest BCUT2D eigenvalue weighted by atomic mass is 79.9. The maximum Gasteiger partial charge on any atom is 0.00697 e. The highest BCUT2D eigenvalue weighted by Gasteiger charge is 2.23. The number of piperidine rings is 1. The smallest absolute Gasteiger partial charge is 0.00697 e. The Bertz CT molecular complexity index is 128. The van der Waals surface area contributed by atoms with Crippen LogP contribution >= 0.6 is 15.9 Å². The number of rotatable bonds is 4. The molecule has 1 aliphatic heterocycles. The van der Waals surface area contributed by atoms with Crippen LogP contribution in [-0.4, -0.2) is 28.9 Å². The van der Waals surface area contributed by atoms with Crippen LogP contribution in [0.1, 0.15) is 46.0 Å². The topological polar surface area (TPSA) is 3.24 Å². The molecule has 0 amide bonds. The van der Waals surface area contributed by atoms with Gasteiger partial charge in [0.1, 0.15) is 0 Å². The quantitative estimate of drug-likeness (QED) is 0.544. The van der Waals surface area contributed by atoms with Gasteiger partial charge in [0, 0.05) is 17.4 Å². The first-order chi connectivity index (χ1) is 6.25. The van der Waals surface area contributed by atoms with Crippen molar-refractivity contribution < 1.29 is 0 Å². The molecule has 0 aromatic rings. The van der Waals surface area contributed by atoms with E-state index in [1.165, 1.54) is 38.6 Å². The second-order valence-corrected chi connectivity index (χ2v) is 5.06. The Balaban J connectivity index is 2.26. The lowest BCUT2D eigenvalue weighted by atomic mass is 9.97. The van der Waals surface area contributed by atoms with Crippen molar-refractivity contribution in [2.24, 2.45) is 0 Å². The molecule has 2 unspecified atom stereocenters. The minimum Gasteiger partial charge on any atom is -0.298 e. The van der Waals surface area contributed by atoms with E-state index in [4.69, 9.17) is 0 Å². The first kappa shape index (κ1) is 11.5. The maximum atomic E-state index is 3.49. The summed E-state index contributed by atoms with van der Waals surface area (Å²) in [6, 6.07) is 1.64. The van der Waals surface area contributed by atoms with Crippen molar-refractivity contribution in [3.63, 3.8) is 0 Å². The molecular formula is C11H22BrN. The minimum atomic E-state index is 0.819. The van der Waals surface area contributed by atoms with Crippen LogP contribution < -0.4 is 0 Å². The molecule has 1 nitrogen and oxygen atoms in total. The van der Waals surface area contributed by atoms with Gasteiger partial charge in [-0.3, -0.25) is 4.90 Å². The molecule has 0 radical (unpaired) electrons. The number of hydrogen-bond acceptors (Lipinski definition) is 1. The molecule has 0 aromatic heterocycles. The lowest BCUT2D eigenvalue weighted by Crippen LogP contribution is -2.44. The predicted octanol–water partition coefficient (Wildman–Crippen LogP) is 3.42. The summed E-state index contributed by atoms with van der Waals surface area (Å²) in [5.41, 5.74) is 0. The van der Waals surface area contributed by atoms with E-state index in [1.807, 2.05) is 0 Å². The molecule has 13 heavy (non-hydrogen) atoms. The molecule has 0 spiro atoms. The highest BCUT2D eigenvalue weighted by molar-refractivity contribution is 9.09. The summed E-state index contributed by atoms with van der Waals surface area (Å²) in [4.78, 5) is 2.69. The van der Waals surface area contributed by atoms with E-state index in [1.54, 1.807) is 0 Å². The van der Waals surface area contributed by atoms with Crippen molar-refractivity contribution in [2.75, 3.05) is 11.9 Å². The molecule has 2 heteroatoms. The Kier molecular flexibility index (Phi) is 5.34. The van der Waals surface area contributed by atoms with Gasteiger partial charge in [0.2, 0.25) is 0 Å². The maximum absolute atomic E-state index is 3.49. The molecule has 0 aliphatic carbocycles. The molecule has 1 rings (SSSR count). The largest absolute Gasteiger partial charge is 0.298 e. The monoisotopic (exact) mass is 247 g/mol. The van der Waals surface area contributed by atoms with Gasteiger partial charge in [0.05, 0.1) is 0 Å². The van der Waals surface area contributed by atoms with E-state index in [9.17, 15) is 0 Å². The molecular weight excluding hydrogens is 226 g/mol. The predicted molar refractivity (Wildman–Crippen MR) is 62.5 cm³/mol. The van der Waals surface area contributed by atoms with E-state index in [0.29, 0.717) is 0 Å². The van der Waals surface area contributed by atoms with Crippen molar-refractivity contribution >= 4 is 15.9 Å².